The van der Waals surface area contributed by atoms with Crippen molar-refractivity contribution in [2.45, 2.75) is 52.1 Å². The van der Waals surface area contributed by atoms with E-state index in [0.29, 0.717) is 38.2 Å². The number of likely N-dealkylation sites (N-methyl/N-ethyl adjacent to an activating group) is 1. The van der Waals surface area contributed by atoms with Gasteiger partial charge in [0, 0.05) is 25.8 Å². The average Bonchev–Trinajstić information content (AvgIpc) is 3.13. The van der Waals surface area contributed by atoms with E-state index in [4.69, 9.17) is 0 Å². The van der Waals surface area contributed by atoms with Crippen LogP contribution in [0.1, 0.15) is 58.5 Å². The fourth-order valence-corrected chi connectivity index (χ4v) is 5.59. The fourth-order valence-electron chi connectivity index (χ4n) is 5.59. The number of hydrogen-bond acceptors (Lipinski definition) is 5. The van der Waals surface area contributed by atoms with Crippen LogP contribution in [0.3, 0.4) is 0 Å². The van der Waals surface area contributed by atoms with Crippen LogP contribution in [0.2, 0.25) is 0 Å². The van der Waals surface area contributed by atoms with Gasteiger partial charge in [-0.15, -0.1) is 0 Å². The normalized spacial score (nSPS) is 17.6. The van der Waals surface area contributed by atoms with Crippen LogP contribution in [0, 0.1) is 25.6 Å². The van der Waals surface area contributed by atoms with E-state index in [1.165, 1.54) is 12.1 Å². The zero-order chi connectivity index (χ0) is 28.6. The van der Waals surface area contributed by atoms with Crippen LogP contribution in [0.4, 0.5) is 10.1 Å². The van der Waals surface area contributed by atoms with Crippen molar-refractivity contribution >= 4 is 29.4 Å². The first kappa shape index (κ1) is 28.1. The Morgan fingerprint density at radius 2 is 1.69 bits per heavy atom. The number of carbonyl (C=O) groups excluding carboxylic acids is 3. The molecule has 9 nitrogen and oxygen atoms in total. The maximum Gasteiger partial charge on any atom is 0.335 e. The van der Waals surface area contributed by atoms with Crippen molar-refractivity contribution < 1.29 is 28.7 Å². The number of nitrogens with zero attached hydrogens (tertiary/aromatic N) is 3. The summed E-state index contributed by atoms with van der Waals surface area (Å²) in [5, 5.41) is 12.1. The van der Waals surface area contributed by atoms with Gasteiger partial charge in [-0.05, 0) is 68.5 Å². The van der Waals surface area contributed by atoms with Crippen LogP contribution >= 0.6 is 0 Å². The molecule has 2 saturated heterocycles. The van der Waals surface area contributed by atoms with Gasteiger partial charge < -0.3 is 25.1 Å². The summed E-state index contributed by atoms with van der Waals surface area (Å²) >= 11 is 0. The molecule has 1 spiro atoms. The van der Waals surface area contributed by atoms with E-state index < -0.39 is 29.3 Å². The predicted octanol–water partition coefficient (Wildman–Crippen LogP) is 3.19. The molecule has 0 bridgehead atoms. The van der Waals surface area contributed by atoms with Crippen molar-refractivity contribution in [3.8, 4) is 0 Å². The van der Waals surface area contributed by atoms with Crippen LogP contribution in [0.25, 0.3) is 0 Å². The molecular weight excluding hydrogens is 503 g/mol. The molecule has 2 aliphatic rings. The summed E-state index contributed by atoms with van der Waals surface area (Å²) in [7, 11) is 1.73. The first-order valence-electron chi connectivity index (χ1n) is 13.1. The van der Waals surface area contributed by atoms with Crippen molar-refractivity contribution in [3.05, 3.63) is 64.5 Å². The molecule has 4 rings (SSSR count). The summed E-state index contributed by atoms with van der Waals surface area (Å²) in [6.07, 6.45) is 0.764. The molecule has 0 saturated carbocycles. The topological polar surface area (TPSA) is 110 Å². The van der Waals surface area contributed by atoms with Crippen LogP contribution in [0.15, 0.2) is 36.4 Å². The first-order valence-corrected chi connectivity index (χ1v) is 13.1. The highest BCUT2D eigenvalue weighted by molar-refractivity contribution is 5.98. The second-order valence-corrected chi connectivity index (χ2v) is 10.9. The van der Waals surface area contributed by atoms with Gasteiger partial charge in [0.25, 0.3) is 5.91 Å². The zero-order valence-corrected chi connectivity index (χ0v) is 23.0. The number of amides is 3. The van der Waals surface area contributed by atoms with E-state index in [9.17, 15) is 28.7 Å². The number of aromatic carboxylic acids is 1. The van der Waals surface area contributed by atoms with Crippen molar-refractivity contribution in [1.82, 2.24) is 15.1 Å². The van der Waals surface area contributed by atoms with Crippen molar-refractivity contribution in [3.63, 3.8) is 0 Å². The van der Waals surface area contributed by atoms with Gasteiger partial charge in [0.1, 0.15) is 17.4 Å². The smallest absolute Gasteiger partial charge is 0.335 e. The van der Waals surface area contributed by atoms with Crippen LogP contribution in [-0.2, 0) is 9.59 Å². The standard InChI is InChI=1S/C29H35FN4O5/c1-17(2)24(31-25(35)22-14-18(3)6-9-23(22)30)26(36)33-12-10-29(11-13-33)28(39)32(5)16-34(29)20-7-8-21(27(37)38)19(4)15-20/h6-9,14-15,17,24H,10-13,16H2,1-5H3,(H,31,35)(H,37,38)/t24-/m1/s1. The molecule has 2 N–H and O–H groups in total. The molecule has 39 heavy (non-hydrogen) atoms. The number of aryl methyl sites for hydroxylation is 2. The number of carbonyl (C=O) groups is 4. The maximum atomic E-state index is 14.3. The highest BCUT2D eigenvalue weighted by Gasteiger charge is 2.53. The van der Waals surface area contributed by atoms with Gasteiger partial charge in [-0.25, -0.2) is 9.18 Å². The highest BCUT2D eigenvalue weighted by atomic mass is 19.1. The van der Waals surface area contributed by atoms with Crippen LogP contribution in [-0.4, -0.2) is 77.0 Å². The Morgan fingerprint density at radius 1 is 1.03 bits per heavy atom. The minimum Gasteiger partial charge on any atom is -0.478 e. The minimum atomic E-state index is -1.01. The molecule has 10 heteroatoms. The molecule has 2 fully saturated rings. The fraction of sp³-hybridized carbons (Fsp3) is 0.448. The molecule has 0 radical (unpaired) electrons. The van der Waals surface area contributed by atoms with E-state index in [-0.39, 0.29) is 28.9 Å². The lowest BCUT2D eigenvalue weighted by molar-refractivity contribution is -0.139. The van der Waals surface area contributed by atoms with Crippen molar-refractivity contribution in [2.75, 3.05) is 31.7 Å². The molecule has 1 atom stereocenters. The Hall–Kier alpha value is -3.95. The summed E-state index contributed by atoms with van der Waals surface area (Å²) in [6, 6.07) is 8.47. The number of anilines is 1. The molecule has 0 aromatic heterocycles. The average molecular weight is 539 g/mol. The number of piperidine rings is 1. The number of hydrogen-bond donors (Lipinski definition) is 2. The van der Waals surface area contributed by atoms with Gasteiger partial charge >= 0.3 is 5.97 Å². The minimum absolute atomic E-state index is 0.0433. The number of carboxylic acids is 1. The summed E-state index contributed by atoms with van der Waals surface area (Å²) in [5.74, 6) is -2.85. The van der Waals surface area contributed by atoms with Crippen molar-refractivity contribution in [2.24, 2.45) is 5.92 Å². The molecule has 0 aliphatic carbocycles. The summed E-state index contributed by atoms with van der Waals surface area (Å²) in [6.45, 7) is 8.09. The lowest BCUT2D eigenvalue weighted by atomic mass is 9.84. The Bertz CT molecular complexity index is 1320. The molecular formula is C29H35FN4O5. The Balaban J connectivity index is 1.52. The number of carboxylic acid groups (broad SMARTS) is 1. The van der Waals surface area contributed by atoms with Gasteiger partial charge in [-0.1, -0.05) is 25.5 Å². The largest absolute Gasteiger partial charge is 0.478 e. The number of likely N-dealkylation sites (tertiary alicyclic amines) is 1. The van der Waals surface area contributed by atoms with E-state index in [0.717, 1.165) is 11.3 Å². The highest BCUT2D eigenvalue weighted by Crippen LogP contribution is 2.39. The third-order valence-electron chi connectivity index (χ3n) is 7.86. The van der Waals surface area contributed by atoms with E-state index in [1.807, 2.05) is 18.7 Å². The number of nitrogens with one attached hydrogen (secondary N) is 1. The first-order chi connectivity index (χ1) is 18.4. The predicted molar refractivity (Wildman–Crippen MR) is 144 cm³/mol. The van der Waals surface area contributed by atoms with E-state index >= 15 is 0 Å². The maximum absolute atomic E-state index is 14.3. The quantitative estimate of drug-likeness (QED) is 0.585. The van der Waals surface area contributed by atoms with Crippen molar-refractivity contribution in [1.29, 1.82) is 0 Å². The summed E-state index contributed by atoms with van der Waals surface area (Å²) in [5.41, 5.74) is 1.33. The second-order valence-electron chi connectivity index (χ2n) is 10.9. The third kappa shape index (κ3) is 5.20. The molecule has 0 unspecified atom stereocenters. The SMILES string of the molecule is Cc1ccc(F)c(C(=O)N[C@@H](C(=O)N2CCC3(CC2)C(=O)N(C)CN3c2ccc(C(=O)O)c(C)c2)C(C)C)c1. The monoisotopic (exact) mass is 538 g/mol. The molecule has 2 aliphatic heterocycles. The Morgan fingerprint density at radius 3 is 2.28 bits per heavy atom. The van der Waals surface area contributed by atoms with Gasteiger partial charge in [-0.3, -0.25) is 14.4 Å². The van der Waals surface area contributed by atoms with Gasteiger partial charge in [0.05, 0.1) is 17.8 Å². The number of halogens is 1. The summed E-state index contributed by atoms with van der Waals surface area (Å²) < 4.78 is 14.3. The van der Waals surface area contributed by atoms with E-state index in [2.05, 4.69) is 5.32 Å². The number of benzene rings is 2. The Kier molecular flexibility index (Phi) is 7.68. The summed E-state index contributed by atoms with van der Waals surface area (Å²) in [4.78, 5) is 56.6. The van der Waals surface area contributed by atoms with Crippen LogP contribution in [0.5, 0.6) is 0 Å². The number of rotatable bonds is 6. The lowest BCUT2D eigenvalue weighted by Gasteiger charge is -2.44. The lowest BCUT2D eigenvalue weighted by Crippen LogP contribution is -2.60. The van der Waals surface area contributed by atoms with Gasteiger partial charge in [0.15, 0.2) is 0 Å². The van der Waals surface area contributed by atoms with Gasteiger partial charge in [-0.2, -0.15) is 0 Å². The Labute approximate surface area is 227 Å². The zero-order valence-electron chi connectivity index (χ0n) is 23.0. The third-order valence-corrected chi connectivity index (χ3v) is 7.86. The molecule has 208 valence electrons. The van der Waals surface area contributed by atoms with E-state index in [1.54, 1.807) is 55.0 Å². The molecule has 2 heterocycles. The van der Waals surface area contributed by atoms with Crippen LogP contribution < -0.4 is 10.2 Å². The molecule has 3 amide bonds. The molecule has 2 aromatic carbocycles. The molecule has 2 aromatic rings. The van der Waals surface area contributed by atoms with Gasteiger partial charge in [0.2, 0.25) is 11.8 Å². The second kappa shape index (κ2) is 10.7.